The molecule has 2 heterocycles. The second-order valence-electron chi connectivity index (χ2n) is 7.87. The van der Waals surface area contributed by atoms with Crippen LogP contribution in [0, 0.1) is 0 Å². The third-order valence-corrected chi connectivity index (χ3v) is 6.26. The first-order chi connectivity index (χ1) is 14.7. The molecule has 10 heteroatoms. The zero-order chi connectivity index (χ0) is 22.5. The van der Waals surface area contributed by atoms with Gasteiger partial charge in [0.05, 0.1) is 18.8 Å². The molecule has 2 unspecified atom stereocenters. The fraction of sp³-hybridized carbons (Fsp3) is 0.571. The van der Waals surface area contributed by atoms with Crippen LogP contribution in [0.2, 0.25) is 5.02 Å². The molecule has 1 aliphatic rings. The molecule has 2 aromatic rings. The van der Waals surface area contributed by atoms with E-state index in [0.717, 1.165) is 32.1 Å². The molecular formula is C21H29ClN2O6S. The van der Waals surface area contributed by atoms with Crippen LogP contribution in [0.15, 0.2) is 36.7 Å². The normalized spacial score (nSPS) is 24.3. The van der Waals surface area contributed by atoms with Gasteiger partial charge in [0.25, 0.3) is 0 Å². The summed E-state index contributed by atoms with van der Waals surface area (Å²) in [5, 5.41) is 0.710. The maximum Gasteiger partial charge on any atom is 0.449 e. The Morgan fingerprint density at radius 3 is 2.65 bits per heavy atom. The quantitative estimate of drug-likeness (QED) is 0.510. The van der Waals surface area contributed by atoms with Crippen molar-refractivity contribution in [3.63, 3.8) is 0 Å². The maximum atomic E-state index is 11.1. The largest absolute Gasteiger partial charge is 0.449 e. The molecule has 8 nitrogen and oxygen atoms in total. The van der Waals surface area contributed by atoms with Crippen LogP contribution in [0.4, 0.5) is 0 Å². The highest BCUT2D eigenvalue weighted by Gasteiger charge is 2.46. The van der Waals surface area contributed by atoms with Crippen molar-refractivity contribution in [2.45, 2.75) is 70.3 Å². The van der Waals surface area contributed by atoms with Crippen molar-refractivity contribution in [2.24, 2.45) is 0 Å². The topological polar surface area (TPSA) is 99.9 Å². The lowest BCUT2D eigenvalue weighted by molar-refractivity contribution is -0.338. The van der Waals surface area contributed by atoms with E-state index in [1.165, 1.54) is 16.3 Å². The van der Waals surface area contributed by atoms with Gasteiger partial charge in [-0.25, -0.2) is 4.98 Å². The smallest absolute Gasteiger partial charge is 0.348 e. The fourth-order valence-electron chi connectivity index (χ4n) is 4.04. The second kappa shape index (κ2) is 9.87. The van der Waals surface area contributed by atoms with E-state index in [0.29, 0.717) is 18.1 Å². The minimum absolute atomic E-state index is 0.189. The number of halogens is 1. The van der Waals surface area contributed by atoms with Crippen molar-refractivity contribution in [3.8, 4) is 6.01 Å². The summed E-state index contributed by atoms with van der Waals surface area (Å²) < 4.78 is 50.2. The molecule has 1 aromatic heterocycles. The van der Waals surface area contributed by atoms with Crippen LogP contribution in [-0.2, 0) is 32.8 Å². The molecule has 1 saturated heterocycles. The predicted octanol–water partition coefficient (Wildman–Crippen LogP) is 4.43. The number of benzene rings is 1. The molecule has 0 spiro atoms. The Bertz CT molecular complexity index is 961. The number of imidazole rings is 1. The molecule has 3 rings (SSSR count). The summed E-state index contributed by atoms with van der Waals surface area (Å²) in [6, 6.07) is 7.58. The molecule has 1 aromatic carbocycles. The van der Waals surface area contributed by atoms with Crippen molar-refractivity contribution in [1.29, 1.82) is 0 Å². The van der Waals surface area contributed by atoms with Crippen LogP contribution in [0.5, 0.6) is 6.01 Å². The summed E-state index contributed by atoms with van der Waals surface area (Å²) in [6.07, 6.45) is 7.62. The van der Waals surface area contributed by atoms with E-state index < -0.39 is 16.2 Å². The average molecular weight is 473 g/mol. The Morgan fingerprint density at radius 1 is 1.26 bits per heavy atom. The lowest BCUT2D eigenvalue weighted by Gasteiger charge is -2.48. The van der Waals surface area contributed by atoms with Gasteiger partial charge in [-0.3, -0.25) is 9.12 Å². The van der Waals surface area contributed by atoms with Crippen molar-refractivity contribution < 1.29 is 26.6 Å². The van der Waals surface area contributed by atoms with Crippen LogP contribution < -0.4 is 4.18 Å². The Balaban J connectivity index is 1.80. The first kappa shape index (κ1) is 24.0. The van der Waals surface area contributed by atoms with Gasteiger partial charge in [0, 0.05) is 30.3 Å². The summed E-state index contributed by atoms with van der Waals surface area (Å²) in [5.41, 5.74) is 0.810. The number of nitrogens with zero attached hydrogens (tertiary/aromatic N) is 2. The number of hydrogen-bond acceptors (Lipinski definition) is 6. The monoisotopic (exact) mass is 472 g/mol. The first-order valence-corrected chi connectivity index (χ1v) is 12.2. The van der Waals surface area contributed by atoms with Crippen molar-refractivity contribution in [2.75, 3.05) is 6.61 Å². The molecule has 0 bridgehead atoms. The Kier molecular flexibility index (Phi) is 7.64. The number of hydrogen-bond donors (Lipinski definition) is 1. The number of ether oxygens (including phenoxy) is 2. The molecule has 0 amide bonds. The van der Waals surface area contributed by atoms with Gasteiger partial charge in [-0.1, -0.05) is 44.0 Å². The van der Waals surface area contributed by atoms with Crippen LogP contribution in [0.25, 0.3) is 0 Å². The first-order valence-electron chi connectivity index (χ1n) is 10.4. The molecule has 172 valence electrons. The molecule has 0 radical (unpaired) electrons. The molecule has 1 aliphatic heterocycles. The summed E-state index contributed by atoms with van der Waals surface area (Å²) in [6.45, 7) is 4.86. The zero-order valence-corrected chi connectivity index (χ0v) is 19.4. The van der Waals surface area contributed by atoms with Gasteiger partial charge in [0.2, 0.25) is 0 Å². The van der Waals surface area contributed by atoms with E-state index in [1.54, 1.807) is 6.20 Å². The van der Waals surface area contributed by atoms with Crippen molar-refractivity contribution in [1.82, 2.24) is 9.55 Å². The van der Waals surface area contributed by atoms with E-state index in [9.17, 15) is 8.42 Å². The standard InChI is InChI=1S/C21H29ClN2O6S/c1-3-10-21(16-24-14-13-23-19(24)29-31(25,26)27)28-15-12-20(4-2,30-21)11-9-17-5-7-18(22)8-6-17/h5-8,13-14H,3-4,9-12,15-16H2,1-2H3,(H,25,26,27). The van der Waals surface area contributed by atoms with E-state index in [2.05, 4.69) is 16.1 Å². The molecule has 0 saturated carbocycles. The minimum Gasteiger partial charge on any atom is -0.348 e. The lowest BCUT2D eigenvalue weighted by atomic mass is 9.87. The predicted molar refractivity (Wildman–Crippen MR) is 116 cm³/mol. The van der Waals surface area contributed by atoms with Crippen molar-refractivity contribution >= 4 is 22.0 Å². The summed E-state index contributed by atoms with van der Waals surface area (Å²) in [5.74, 6) is -0.957. The van der Waals surface area contributed by atoms with Gasteiger partial charge in [-0.2, -0.15) is 8.42 Å². The zero-order valence-electron chi connectivity index (χ0n) is 17.8. The third-order valence-electron chi connectivity index (χ3n) is 5.65. The minimum atomic E-state index is -4.69. The summed E-state index contributed by atoms with van der Waals surface area (Å²) >= 11 is 6.00. The van der Waals surface area contributed by atoms with Gasteiger partial charge in [-0.15, -0.1) is 0 Å². The van der Waals surface area contributed by atoms with Crippen LogP contribution in [0.3, 0.4) is 0 Å². The molecular weight excluding hydrogens is 444 g/mol. The van der Waals surface area contributed by atoms with Gasteiger partial charge >= 0.3 is 16.4 Å². The molecule has 31 heavy (non-hydrogen) atoms. The average Bonchev–Trinajstić information content (AvgIpc) is 3.12. The SMILES string of the molecule is CCCC1(Cn2ccnc2OS(=O)(=O)O)OCCC(CC)(CCc2ccc(Cl)cc2)O1. The Labute approximate surface area is 188 Å². The van der Waals surface area contributed by atoms with E-state index in [4.69, 9.17) is 25.6 Å². The van der Waals surface area contributed by atoms with Gasteiger partial charge in [0.1, 0.15) is 0 Å². The lowest BCUT2D eigenvalue weighted by Crippen LogP contribution is -2.54. The van der Waals surface area contributed by atoms with Crippen LogP contribution in [-0.4, -0.2) is 40.5 Å². The highest BCUT2D eigenvalue weighted by Crippen LogP contribution is 2.40. The number of rotatable bonds is 10. The highest BCUT2D eigenvalue weighted by molar-refractivity contribution is 7.81. The number of aryl methyl sites for hydroxylation is 1. The molecule has 1 N–H and O–H groups in total. The third kappa shape index (κ3) is 6.43. The molecule has 0 aliphatic carbocycles. The molecule has 1 fully saturated rings. The fourth-order valence-corrected chi connectivity index (χ4v) is 4.50. The van der Waals surface area contributed by atoms with E-state index >= 15 is 0 Å². The summed E-state index contributed by atoms with van der Waals surface area (Å²) in [7, 11) is -4.69. The van der Waals surface area contributed by atoms with Crippen molar-refractivity contribution in [3.05, 3.63) is 47.2 Å². The Morgan fingerprint density at radius 2 is 2.00 bits per heavy atom. The molecule has 2 atom stereocenters. The van der Waals surface area contributed by atoms with Gasteiger partial charge in [-0.05, 0) is 37.0 Å². The van der Waals surface area contributed by atoms with Gasteiger partial charge < -0.3 is 13.7 Å². The maximum absolute atomic E-state index is 11.1. The number of aromatic nitrogens is 2. The van der Waals surface area contributed by atoms with Crippen LogP contribution >= 0.6 is 11.6 Å². The second-order valence-corrected chi connectivity index (χ2v) is 9.33. The van der Waals surface area contributed by atoms with Crippen LogP contribution in [0.1, 0.15) is 51.5 Å². The van der Waals surface area contributed by atoms with Gasteiger partial charge in [0.15, 0.2) is 5.79 Å². The highest BCUT2D eigenvalue weighted by atomic mass is 35.5. The van der Waals surface area contributed by atoms with E-state index in [-0.39, 0.29) is 18.2 Å². The Hall–Kier alpha value is -1.65. The summed E-state index contributed by atoms with van der Waals surface area (Å²) in [4.78, 5) is 3.88. The van der Waals surface area contributed by atoms with E-state index in [1.807, 2.05) is 31.2 Å².